The maximum atomic E-state index is 6.09. The molecule has 0 aromatic heterocycles. The van der Waals surface area contributed by atoms with Gasteiger partial charge < -0.3 is 9.64 Å². The second-order valence-electron chi connectivity index (χ2n) is 4.11. The Kier molecular flexibility index (Phi) is 6.38. The van der Waals surface area contributed by atoms with Crippen LogP contribution in [0.4, 0.5) is 0 Å². The third-order valence-corrected chi connectivity index (χ3v) is 3.22. The second kappa shape index (κ2) is 7.57. The molecule has 1 rings (SSSR count). The zero-order valence-corrected chi connectivity index (χ0v) is 11.8. The Balaban J connectivity index is 2.36. The molecule has 3 heteroatoms. The van der Waals surface area contributed by atoms with E-state index >= 15 is 0 Å². The van der Waals surface area contributed by atoms with Crippen molar-refractivity contribution in [3.63, 3.8) is 0 Å². The highest BCUT2D eigenvalue weighted by atomic mass is 35.5. The largest absolute Gasteiger partial charge is 0.492 e. The highest BCUT2D eigenvalue weighted by Gasteiger charge is 2.05. The molecule has 1 aromatic carbocycles. The molecule has 0 aliphatic heterocycles. The molecule has 0 heterocycles. The van der Waals surface area contributed by atoms with E-state index in [1.165, 1.54) is 0 Å². The standard InChI is InChI=1S/C14H22ClNO/c1-4-16(5-2)10-7-11-17-14-12(3)8-6-9-13(14)15/h6,8-9H,4-5,7,10-11H2,1-3H3. The van der Waals surface area contributed by atoms with Gasteiger partial charge in [0.1, 0.15) is 5.75 Å². The van der Waals surface area contributed by atoms with Gasteiger partial charge in [0.2, 0.25) is 0 Å². The maximum absolute atomic E-state index is 6.09. The average molecular weight is 256 g/mol. The lowest BCUT2D eigenvalue weighted by Gasteiger charge is -2.18. The van der Waals surface area contributed by atoms with E-state index in [1.807, 2.05) is 25.1 Å². The minimum atomic E-state index is 0.702. The summed E-state index contributed by atoms with van der Waals surface area (Å²) in [6.45, 7) is 10.4. The van der Waals surface area contributed by atoms with Crippen LogP contribution in [0.25, 0.3) is 0 Å². The van der Waals surface area contributed by atoms with Gasteiger partial charge in [0.25, 0.3) is 0 Å². The van der Waals surface area contributed by atoms with E-state index in [-0.39, 0.29) is 0 Å². The fourth-order valence-electron chi connectivity index (χ4n) is 1.80. The molecule has 1 aromatic rings. The molecule has 0 radical (unpaired) electrons. The van der Waals surface area contributed by atoms with Crippen LogP contribution in [0.1, 0.15) is 25.8 Å². The fourth-order valence-corrected chi connectivity index (χ4v) is 2.08. The Morgan fingerprint density at radius 2 is 1.94 bits per heavy atom. The van der Waals surface area contributed by atoms with Crippen LogP contribution >= 0.6 is 11.6 Å². The van der Waals surface area contributed by atoms with Crippen LogP contribution in [0.2, 0.25) is 5.02 Å². The molecule has 0 N–H and O–H groups in total. The Morgan fingerprint density at radius 3 is 2.53 bits per heavy atom. The summed E-state index contributed by atoms with van der Waals surface area (Å²) in [7, 11) is 0. The van der Waals surface area contributed by atoms with E-state index in [4.69, 9.17) is 16.3 Å². The fraction of sp³-hybridized carbons (Fsp3) is 0.571. The average Bonchev–Trinajstić information content (AvgIpc) is 2.32. The zero-order chi connectivity index (χ0) is 12.7. The number of benzene rings is 1. The number of halogens is 1. The predicted octanol–water partition coefficient (Wildman–Crippen LogP) is 3.76. The summed E-state index contributed by atoms with van der Waals surface area (Å²) in [5.41, 5.74) is 1.10. The summed E-state index contributed by atoms with van der Waals surface area (Å²) in [6.07, 6.45) is 1.03. The van der Waals surface area contributed by atoms with E-state index in [0.717, 1.165) is 44.0 Å². The normalized spacial score (nSPS) is 10.9. The molecule has 0 aliphatic rings. The minimum Gasteiger partial charge on any atom is -0.492 e. The van der Waals surface area contributed by atoms with Crippen LogP contribution in [0.5, 0.6) is 5.75 Å². The Morgan fingerprint density at radius 1 is 1.24 bits per heavy atom. The molecule has 0 bridgehead atoms. The maximum Gasteiger partial charge on any atom is 0.140 e. The lowest BCUT2D eigenvalue weighted by atomic mass is 10.2. The molecule has 2 nitrogen and oxygen atoms in total. The first-order valence-electron chi connectivity index (χ1n) is 6.29. The monoisotopic (exact) mass is 255 g/mol. The highest BCUT2D eigenvalue weighted by Crippen LogP contribution is 2.27. The number of aryl methyl sites for hydroxylation is 1. The molecule has 0 atom stereocenters. The van der Waals surface area contributed by atoms with E-state index in [1.54, 1.807) is 0 Å². The molecule has 0 saturated carbocycles. The van der Waals surface area contributed by atoms with Crippen LogP contribution in [-0.2, 0) is 0 Å². The van der Waals surface area contributed by atoms with Gasteiger partial charge in [-0.2, -0.15) is 0 Å². The van der Waals surface area contributed by atoms with Gasteiger partial charge in [-0.15, -0.1) is 0 Å². The molecule has 0 amide bonds. The first-order valence-corrected chi connectivity index (χ1v) is 6.67. The molecule has 0 fully saturated rings. The van der Waals surface area contributed by atoms with E-state index in [0.29, 0.717) is 5.02 Å². The van der Waals surface area contributed by atoms with Gasteiger partial charge in [-0.05, 0) is 38.1 Å². The van der Waals surface area contributed by atoms with Crippen molar-refractivity contribution >= 4 is 11.6 Å². The molecule has 17 heavy (non-hydrogen) atoms. The summed E-state index contributed by atoms with van der Waals surface area (Å²) in [6, 6.07) is 5.83. The Bertz CT molecular complexity index is 317. The third kappa shape index (κ3) is 4.57. The number of para-hydroxylation sites is 1. The van der Waals surface area contributed by atoms with Gasteiger partial charge in [0.05, 0.1) is 11.6 Å². The summed E-state index contributed by atoms with van der Waals surface area (Å²) in [5, 5.41) is 0.702. The van der Waals surface area contributed by atoms with Crippen LogP contribution in [0.3, 0.4) is 0 Å². The summed E-state index contributed by atoms with van der Waals surface area (Å²) in [4.78, 5) is 2.39. The summed E-state index contributed by atoms with van der Waals surface area (Å²) in [5.74, 6) is 0.828. The summed E-state index contributed by atoms with van der Waals surface area (Å²) < 4.78 is 5.75. The number of hydrogen-bond acceptors (Lipinski definition) is 2. The molecule has 96 valence electrons. The Labute approximate surface area is 110 Å². The minimum absolute atomic E-state index is 0.702. The number of hydrogen-bond donors (Lipinski definition) is 0. The SMILES string of the molecule is CCN(CC)CCCOc1c(C)cccc1Cl. The van der Waals surface area contributed by atoms with E-state index in [9.17, 15) is 0 Å². The first kappa shape index (κ1) is 14.3. The van der Waals surface area contributed by atoms with Crippen molar-refractivity contribution in [3.05, 3.63) is 28.8 Å². The summed E-state index contributed by atoms with van der Waals surface area (Å²) >= 11 is 6.09. The molecule has 0 spiro atoms. The number of rotatable bonds is 7. The molecular weight excluding hydrogens is 234 g/mol. The van der Waals surface area contributed by atoms with Gasteiger partial charge >= 0.3 is 0 Å². The van der Waals surface area contributed by atoms with Gasteiger partial charge in [-0.25, -0.2) is 0 Å². The van der Waals surface area contributed by atoms with Gasteiger partial charge in [0, 0.05) is 6.54 Å². The quantitative estimate of drug-likeness (QED) is 0.688. The Hall–Kier alpha value is -0.730. The van der Waals surface area contributed by atoms with Crippen molar-refractivity contribution in [2.24, 2.45) is 0 Å². The smallest absolute Gasteiger partial charge is 0.140 e. The number of ether oxygens (including phenoxy) is 1. The van der Waals surface area contributed by atoms with Gasteiger partial charge in [-0.3, -0.25) is 0 Å². The second-order valence-corrected chi connectivity index (χ2v) is 4.52. The van der Waals surface area contributed by atoms with Crippen molar-refractivity contribution in [1.82, 2.24) is 4.90 Å². The van der Waals surface area contributed by atoms with E-state index < -0.39 is 0 Å². The van der Waals surface area contributed by atoms with Crippen LogP contribution in [0, 0.1) is 6.92 Å². The van der Waals surface area contributed by atoms with Gasteiger partial charge in [0.15, 0.2) is 0 Å². The third-order valence-electron chi connectivity index (χ3n) is 2.92. The highest BCUT2D eigenvalue weighted by molar-refractivity contribution is 6.32. The molecule has 0 unspecified atom stereocenters. The van der Waals surface area contributed by atoms with Crippen LogP contribution < -0.4 is 4.74 Å². The van der Waals surface area contributed by atoms with Crippen molar-refractivity contribution in [1.29, 1.82) is 0 Å². The van der Waals surface area contributed by atoms with Crippen molar-refractivity contribution in [3.8, 4) is 5.75 Å². The zero-order valence-electron chi connectivity index (χ0n) is 11.0. The lowest BCUT2D eigenvalue weighted by Crippen LogP contribution is -2.25. The van der Waals surface area contributed by atoms with E-state index in [2.05, 4.69) is 18.7 Å². The molecule has 0 aliphatic carbocycles. The van der Waals surface area contributed by atoms with Gasteiger partial charge in [-0.1, -0.05) is 37.6 Å². The predicted molar refractivity (Wildman–Crippen MR) is 74.1 cm³/mol. The number of nitrogens with zero attached hydrogens (tertiary/aromatic N) is 1. The van der Waals surface area contributed by atoms with Crippen molar-refractivity contribution in [2.75, 3.05) is 26.2 Å². The molecule has 0 saturated heterocycles. The van der Waals surface area contributed by atoms with Crippen molar-refractivity contribution in [2.45, 2.75) is 27.2 Å². The first-order chi connectivity index (χ1) is 8.19. The van der Waals surface area contributed by atoms with Crippen molar-refractivity contribution < 1.29 is 4.74 Å². The van der Waals surface area contributed by atoms with Crippen LogP contribution in [-0.4, -0.2) is 31.1 Å². The lowest BCUT2D eigenvalue weighted by molar-refractivity contribution is 0.248. The molecular formula is C14H22ClNO. The van der Waals surface area contributed by atoms with Crippen LogP contribution in [0.15, 0.2) is 18.2 Å². The topological polar surface area (TPSA) is 12.5 Å².